The first-order valence-corrected chi connectivity index (χ1v) is 15.6. The SMILES string of the molecule is CC[C@@]1(O)C(=O)OCc2c1cc1n(c2=O)Cc2c-1nc1ccccc1c2CN1CCN(S(=O)(=O)c2ccc(F)cc2)CC1. The van der Waals surface area contributed by atoms with Crippen LogP contribution in [0.3, 0.4) is 0 Å². The number of ether oxygens (including phenoxy) is 1. The number of fused-ring (bicyclic) bond motifs is 5. The Morgan fingerprint density at radius 3 is 2.47 bits per heavy atom. The van der Waals surface area contributed by atoms with Crippen molar-refractivity contribution < 1.29 is 27.4 Å². The van der Waals surface area contributed by atoms with Crippen LogP contribution in [0.5, 0.6) is 0 Å². The summed E-state index contributed by atoms with van der Waals surface area (Å²) in [6, 6.07) is 14.3. The molecule has 1 saturated heterocycles. The molecule has 4 aromatic rings. The first kappa shape index (κ1) is 27.8. The fraction of sp³-hybridized carbons (Fsp3) is 0.323. The summed E-state index contributed by atoms with van der Waals surface area (Å²) in [4.78, 5) is 33.4. The number of aliphatic hydroxyl groups is 1. The lowest BCUT2D eigenvalue weighted by Gasteiger charge is -2.34. The monoisotopic (exact) mass is 604 g/mol. The zero-order valence-corrected chi connectivity index (χ0v) is 24.2. The molecule has 3 aliphatic heterocycles. The number of rotatable bonds is 5. The molecule has 1 atom stereocenters. The molecule has 1 N–H and O–H groups in total. The second kappa shape index (κ2) is 10.1. The Morgan fingerprint density at radius 1 is 1.02 bits per heavy atom. The topological polar surface area (TPSA) is 122 Å². The van der Waals surface area contributed by atoms with Crippen molar-refractivity contribution in [2.24, 2.45) is 0 Å². The minimum Gasteiger partial charge on any atom is -0.458 e. The van der Waals surface area contributed by atoms with Crippen molar-refractivity contribution in [3.05, 3.63) is 93.0 Å². The van der Waals surface area contributed by atoms with Crippen LogP contribution in [-0.2, 0) is 44.9 Å². The second-order valence-corrected chi connectivity index (χ2v) is 13.1. The number of carbonyl (C=O) groups excluding carboxylic acids is 1. The lowest BCUT2D eigenvalue weighted by atomic mass is 9.86. The van der Waals surface area contributed by atoms with Crippen molar-refractivity contribution >= 4 is 26.9 Å². The number of nitrogens with zero attached hydrogens (tertiary/aromatic N) is 4. The van der Waals surface area contributed by atoms with Gasteiger partial charge >= 0.3 is 5.97 Å². The highest BCUT2D eigenvalue weighted by atomic mass is 32.2. The van der Waals surface area contributed by atoms with E-state index >= 15 is 0 Å². The van der Waals surface area contributed by atoms with Crippen molar-refractivity contribution in [3.8, 4) is 11.4 Å². The van der Waals surface area contributed by atoms with Gasteiger partial charge in [-0.1, -0.05) is 25.1 Å². The van der Waals surface area contributed by atoms with E-state index in [1.54, 1.807) is 17.6 Å². The Hall–Kier alpha value is -3.97. The van der Waals surface area contributed by atoms with Gasteiger partial charge in [-0.25, -0.2) is 22.6 Å². The van der Waals surface area contributed by atoms with E-state index in [1.807, 2.05) is 24.3 Å². The highest BCUT2D eigenvalue weighted by Gasteiger charge is 2.45. The summed E-state index contributed by atoms with van der Waals surface area (Å²) in [7, 11) is -3.75. The van der Waals surface area contributed by atoms with Crippen molar-refractivity contribution in [3.63, 3.8) is 0 Å². The summed E-state index contributed by atoms with van der Waals surface area (Å²) in [5, 5.41) is 12.1. The lowest BCUT2D eigenvalue weighted by molar-refractivity contribution is -0.172. The zero-order chi connectivity index (χ0) is 30.1. The summed E-state index contributed by atoms with van der Waals surface area (Å²) < 4.78 is 47.9. The highest BCUT2D eigenvalue weighted by Crippen LogP contribution is 2.40. The van der Waals surface area contributed by atoms with E-state index in [2.05, 4.69) is 4.90 Å². The van der Waals surface area contributed by atoms with Crippen molar-refractivity contribution in [2.75, 3.05) is 26.2 Å². The molecule has 12 heteroatoms. The normalized spacial score (nSPS) is 20.5. The number of benzene rings is 2. The summed E-state index contributed by atoms with van der Waals surface area (Å²) in [6.45, 7) is 3.79. The molecule has 1 fully saturated rings. The number of cyclic esters (lactones) is 1. The zero-order valence-electron chi connectivity index (χ0n) is 23.4. The molecule has 3 aliphatic rings. The molecule has 10 nitrogen and oxygen atoms in total. The molecular formula is C31H29FN4O6S. The molecule has 0 bridgehead atoms. The molecule has 0 aliphatic carbocycles. The van der Waals surface area contributed by atoms with E-state index in [4.69, 9.17) is 9.72 Å². The molecule has 0 spiro atoms. The first-order chi connectivity index (χ1) is 20.6. The van der Waals surface area contributed by atoms with E-state index < -0.39 is 27.4 Å². The predicted octanol–water partition coefficient (Wildman–Crippen LogP) is 2.73. The maximum Gasteiger partial charge on any atom is 0.343 e. The number of hydrogen-bond acceptors (Lipinski definition) is 8. The van der Waals surface area contributed by atoms with Gasteiger partial charge in [0.2, 0.25) is 10.0 Å². The van der Waals surface area contributed by atoms with Crippen LogP contribution in [0.2, 0.25) is 0 Å². The number of esters is 1. The maximum absolute atomic E-state index is 13.7. The minimum atomic E-state index is -3.75. The second-order valence-electron chi connectivity index (χ2n) is 11.2. The fourth-order valence-corrected chi connectivity index (χ4v) is 7.82. The smallest absolute Gasteiger partial charge is 0.343 e. The standard InChI is InChI=1S/C31H29FN4O6S/c1-2-31(39)25-15-27-28-23(17-36(27)29(37)24(25)18-42-30(31)38)22(21-5-3-4-6-26(21)33-28)16-34-11-13-35(14-12-34)43(40,41)20-9-7-19(32)8-10-20/h3-10,15,39H,2,11-14,16-18H2,1H3/t31-/m0/s1. The Balaban J connectivity index is 1.23. The average Bonchev–Trinajstić information content (AvgIpc) is 3.38. The molecule has 43 heavy (non-hydrogen) atoms. The molecule has 7 rings (SSSR count). The van der Waals surface area contributed by atoms with Gasteiger partial charge in [0, 0.05) is 49.2 Å². The third-order valence-electron chi connectivity index (χ3n) is 8.88. The maximum atomic E-state index is 13.7. The van der Waals surface area contributed by atoms with Gasteiger partial charge in [-0.2, -0.15) is 4.31 Å². The Bertz CT molecular complexity index is 1970. The largest absolute Gasteiger partial charge is 0.458 e. The van der Waals surface area contributed by atoms with Crippen LogP contribution in [0.25, 0.3) is 22.3 Å². The average molecular weight is 605 g/mol. The molecule has 0 unspecified atom stereocenters. The van der Waals surface area contributed by atoms with Crippen LogP contribution in [0.1, 0.15) is 35.6 Å². The van der Waals surface area contributed by atoms with E-state index in [9.17, 15) is 27.5 Å². The van der Waals surface area contributed by atoms with Crippen LogP contribution in [0.4, 0.5) is 4.39 Å². The minimum absolute atomic E-state index is 0.0632. The van der Waals surface area contributed by atoms with E-state index in [0.717, 1.165) is 34.2 Å². The van der Waals surface area contributed by atoms with Crippen LogP contribution in [0.15, 0.2) is 64.3 Å². The molecule has 0 amide bonds. The molecule has 222 valence electrons. The molecule has 5 heterocycles. The van der Waals surface area contributed by atoms with Gasteiger partial charge in [-0.3, -0.25) is 9.69 Å². The summed E-state index contributed by atoms with van der Waals surface area (Å²) in [5.41, 5.74) is 2.11. The van der Waals surface area contributed by atoms with Crippen LogP contribution < -0.4 is 5.56 Å². The number of carbonyl (C=O) groups is 1. The lowest BCUT2D eigenvalue weighted by Crippen LogP contribution is -2.48. The van der Waals surface area contributed by atoms with Crippen molar-refractivity contribution in [1.29, 1.82) is 0 Å². The Labute approximate surface area is 247 Å². The van der Waals surface area contributed by atoms with Gasteiger partial charge < -0.3 is 14.4 Å². The van der Waals surface area contributed by atoms with Crippen LogP contribution in [0, 0.1) is 5.82 Å². The summed E-state index contributed by atoms with van der Waals surface area (Å²) in [5.74, 6) is -1.26. The molecule has 2 aromatic heterocycles. The number of hydrogen-bond donors (Lipinski definition) is 1. The van der Waals surface area contributed by atoms with Gasteiger partial charge in [0.15, 0.2) is 5.60 Å². The van der Waals surface area contributed by atoms with Crippen molar-refractivity contribution in [2.45, 2.75) is 43.5 Å². The van der Waals surface area contributed by atoms with E-state index in [1.165, 1.54) is 16.4 Å². The van der Waals surface area contributed by atoms with Gasteiger partial charge in [0.05, 0.1) is 33.9 Å². The highest BCUT2D eigenvalue weighted by molar-refractivity contribution is 7.89. The Morgan fingerprint density at radius 2 is 1.74 bits per heavy atom. The van der Waals surface area contributed by atoms with Gasteiger partial charge in [0.1, 0.15) is 12.4 Å². The molecule has 2 aromatic carbocycles. The molecule has 0 radical (unpaired) electrons. The van der Waals surface area contributed by atoms with Crippen LogP contribution in [-0.4, -0.2) is 64.4 Å². The van der Waals surface area contributed by atoms with Gasteiger partial charge in [0.25, 0.3) is 5.56 Å². The molecule has 0 saturated carbocycles. The van der Waals surface area contributed by atoms with E-state index in [0.29, 0.717) is 31.0 Å². The fourth-order valence-electron chi connectivity index (χ4n) is 6.40. The number of para-hydroxylation sites is 1. The number of sulfonamides is 1. The Kier molecular flexibility index (Phi) is 6.51. The third-order valence-corrected chi connectivity index (χ3v) is 10.8. The first-order valence-electron chi connectivity index (χ1n) is 14.2. The number of halogens is 1. The molecular weight excluding hydrogens is 575 g/mol. The third kappa shape index (κ3) is 4.31. The van der Waals surface area contributed by atoms with Gasteiger partial charge in [-0.15, -0.1) is 0 Å². The number of piperazine rings is 1. The number of aromatic nitrogens is 2. The summed E-state index contributed by atoms with van der Waals surface area (Å²) in [6.07, 6.45) is 0.0633. The van der Waals surface area contributed by atoms with Crippen LogP contribution >= 0.6 is 0 Å². The predicted molar refractivity (Wildman–Crippen MR) is 155 cm³/mol. The van der Waals surface area contributed by atoms with Gasteiger partial charge in [-0.05, 0) is 48.4 Å². The van der Waals surface area contributed by atoms with E-state index in [-0.39, 0.29) is 54.2 Å². The van der Waals surface area contributed by atoms with Crippen molar-refractivity contribution in [1.82, 2.24) is 18.8 Å². The number of pyridine rings is 2. The summed E-state index contributed by atoms with van der Waals surface area (Å²) >= 11 is 0. The quantitative estimate of drug-likeness (QED) is 0.304.